The molecule has 1 saturated heterocycles. The third kappa shape index (κ3) is 4.14. The largest absolute Gasteiger partial charge is 0.490 e. The van der Waals surface area contributed by atoms with Gasteiger partial charge in [0.15, 0.2) is 11.5 Å². The highest BCUT2D eigenvalue weighted by Crippen LogP contribution is 2.30. The molecule has 3 rings (SSSR count). The second kappa shape index (κ2) is 8.67. The fourth-order valence-electron chi connectivity index (χ4n) is 3.18. The van der Waals surface area contributed by atoms with Gasteiger partial charge >= 0.3 is 0 Å². The van der Waals surface area contributed by atoms with E-state index in [1.165, 1.54) is 0 Å². The monoisotopic (exact) mass is 355 g/mol. The van der Waals surface area contributed by atoms with Gasteiger partial charge in [0.1, 0.15) is 6.61 Å². The molecule has 1 fully saturated rings. The van der Waals surface area contributed by atoms with Crippen molar-refractivity contribution in [2.24, 2.45) is 5.73 Å². The Morgan fingerprint density at radius 2 is 2.04 bits per heavy atom. The molecule has 0 radical (unpaired) electrons. The van der Waals surface area contributed by atoms with Crippen molar-refractivity contribution in [2.45, 2.75) is 32.4 Å². The van der Waals surface area contributed by atoms with Crippen molar-refractivity contribution in [3.05, 3.63) is 53.9 Å². The summed E-state index contributed by atoms with van der Waals surface area (Å²) in [6.45, 7) is 4.07. The minimum atomic E-state index is -0.000383. The van der Waals surface area contributed by atoms with Crippen LogP contribution in [-0.4, -0.2) is 41.5 Å². The van der Waals surface area contributed by atoms with Gasteiger partial charge in [0.2, 0.25) is 0 Å². The highest BCUT2D eigenvalue weighted by molar-refractivity contribution is 5.95. The maximum atomic E-state index is 12.8. The first-order chi connectivity index (χ1) is 12.7. The molecule has 26 heavy (non-hydrogen) atoms. The van der Waals surface area contributed by atoms with Crippen LogP contribution in [0.5, 0.6) is 11.5 Å². The molecule has 2 N–H and O–H groups in total. The molecule has 0 spiro atoms. The molecule has 2 aromatic rings. The molecule has 1 unspecified atom stereocenters. The number of ether oxygens (including phenoxy) is 2. The number of hydrogen-bond acceptors (Lipinski definition) is 5. The summed E-state index contributed by atoms with van der Waals surface area (Å²) in [7, 11) is 0. The molecule has 1 aliphatic heterocycles. The van der Waals surface area contributed by atoms with Crippen molar-refractivity contribution < 1.29 is 14.3 Å². The second-order valence-electron chi connectivity index (χ2n) is 6.27. The van der Waals surface area contributed by atoms with Gasteiger partial charge in [0.05, 0.1) is 6.61 Å². The van der Waals surface area contributed by atoms with Crippen molar-refractivity contribution in [3.8, 4) is 11.5 Å². The number of carbonyl (C=O) groups is 1. The number of carbonyl (C=O) groups excluding carboxylic acids is 1. The molecule has 0 saturated carbocycles. The third-order valence-electron chi connectivity index (χ3n) is 4.54. The summed E-state index contributed by atoms with van der Waals surface area (Å²) < 4.78 is 11.6. The molecule has 6 heteroatoms. The number of nitrogens with two attached hydrogens (primary N) is 1. The van der Waals surface area contributed by atoms with Gasteiger partial charge in [0, 0.05) is 37.1 Å². The maximum Gasteiger partial charge on any atom is 0.254 e. The molecular weight excluding hydrogens is 330 g/mol. The van der Waals surface area contributed by atoms with Gasteiger partial charge in [-0.1, -0.05) is 0 Å². The van der Waals surface area contributed by atoms with Crippen molar-refractivity contribution in [2.75, 3.05) is 19.7 Å². The molecular formula is C20H25N3O3. The van der Waals surface area contributed by atoms with Gasteiger partial charge in [0.25, 0.3) is 5.91 Å². The number of nitrogens with zero attached hydrogens (tertiary/aromatic N) is 2. The van der Waals surface area contributed by atoms with E-state index in [1.807, 2.05) is 24.0 Å². The number of pyridine rings is 1. The fraction of sp³-hybridized carbons (Fsp3) is 0.400. The van der Waals surface area contributed by atoms with Crippen LogP contribution in [0.1, 0.15) is 35.7 Å². The van der Waals surface area contributed by atoms with Crippen LogP contribution in [0.25, 0.3) is 0 Å². The summed E-state index contributed by atoms with van der Waals surface area (Å²) in [6.07, 6.45) is 5.42. The predicted octanol–water partition coefficient (Wildman–Crippen LogP) is 2.62. The molecule has 1 amide bonds. The Balaban J connectivity index is 1.76. The zero-order valence-electron chi connectivity index (χ0n) is 15.1. The quantitative estimate of drug-likeness (QED) is 0.826. The van der Waals surface area contributed by atoms with E-state index < -0.39 is 0 Å². The average Bonchev–Trinajstić information content (AvgIpc) is 3.16. The summed E-state index contributed by atoms with van der Waals surface area (Å²) in [6, 6.07) is 9.28. The fourth-order valence-corrected chi connectivity index (χ4v) is 3.18. The average molecular weight is 355 g/mol. The minimum absolute atomic E-state index is 0.000383. The van der Waals surface area contributed by atoms with E-state index >= 15 is 0 Å². The van der Waals surface area contributed by atoms with E-state index in [9.17, 15) is 4.79 Å². The molecule has 1 atom stereocenters. The van der Waals surface area contributed by atoms with Crippen LogP contribution in [0.3, 0.4) is 0 Å². The SMILES string of the molecule is CCOc1cc(C(=O)N2CCCC2CN)ccc1OCc1ccncc1. The molecule has 1 aromatic carbocycles. The number of rotatable bonds is 7. The lowest BCUT2D eigenvalue weighted by atomic mass is 10.1. The summed E-state index contributed by atoms with van der Waals surface area (Å²) in [5, 5.41) is 0. The second-order valence-corrected chi connectivity index (χ2v) is 6.27. The molecule has 1 aromatic heterocycles. The topological polar surface area (TPSA) is 77.7 Å². The lowest BCUT2D eigenvalue weighted by Gasteiger charge is -2.24. The van der Waals surface area contributed by atoms with Gasteiger partial charge in [-0.3, -0.25) is 9.78 Å². The summed E-state index contributed by atoms with van der Waals surface area (Å²) >= 11 is 0. The van der Waals surface area contributed by atoms with Gasteiger partial charge in [-0.05, 0) is 55.7 Å². The molecule has 6 nitrogen and oxygen atoms in total. The van der Waals surface area contributed by atoms with Gasteiger partial charge in [-0.25, -0.2) is 0 Å². The maximum absolute atomic E-state index is 12.8. The van der Waals surface area contributed by atoms with Crippen LogP contribution in [0.4, 0.5) is 0 Å². The van der Waals surface area contributed by atoms with Crippen molar-refractivity contribution in [1.29, 1.82) is 0 Å². The number of hydrogen-bond donors (Lipinski definition) is 1. The number of benzene rings is 1. The van der Waals surface area contributed by atoms with Crippen molar-refractivity contribution in [3.63, 3.8) is 0 Å². The van der Waals surface area contributed by atoms with Gasteiger partial charge in [-0.2, -0.15) is 0 Å². The van der Waals surface area contributed by atoms with Crippen LogP contribution >= 0.6 is 0 Å². The lowest BCUT2D eigenvalue weighted by Crippen LogP contribution is -2.39. The number of amides is 1. The zero-order chi connectivity index (χ0) is 18.4. The highest BCUT2D eigenvalue weighted by Gasteiger charge is 2.28. The first kappa shape index (κ1) is 18.2. The first-order valence-electron chi connectivity index (χ1n) is 9.02. The normalized spacial score (nSPS) is 16.5. The highest BCUT2D eigenvalue weighted by atomic mass is 16.5. The van der Waals surface area contributed by atoms with Crippen molar-refractivity contribution >= 4 is 5.91 Å². The minimum Gasteiger partial charge on any atom is -0.490 e. The number of likely N-dealkylation sites (tertiary alicyclic amines) is 1. The lowest BCUT2D eigenvalue weighted by molar-refractivity contribution is 0.0740. The molecule has 2 heterocycles. The smallest absolute Gasteiger partial charge is 0.254 e. The molecule has 0 bridgehead atoms. The molecule has 138 valence electrons. The van der Waals surface area contributed by atoms with Gasteiger partial charge < -0.3 is 20.1 Å². The van der Waals surface area contributed by atoms with Crippen LogP contribution in [0.2, 0.25) is 0 Å². The Hall–Kier alpha value is -2.60. The van der Waals surface area contributed by atoms with Crippen molar-refractivity contribution in [1.82, 2.24) is 9.88 Å². The van der Waals surface area contributed by atoms with Crippen LogP contribution in [0, 0.1) is 0 Å². The predicted molar refractivity (Wildman–Crippen MR) is 99.3 cm³/mol. The third-order valence-corrected chi connectivity index (χ3v) is 4.54. The summed E-state index contributed by atoms with van der Waals surface area (Å²) in [5.41, 5.74) is 7.41. The number of aromatic nitrogens is 1. The van der Waals surface area contributed by atoms with Crippen LogP contribution in [-0.2, 0) is 6.61 Å². The van der Waals surface area contributed by atoms with E-state index in [2.05, 4.69) is 4.98 Å². The van der Waals surface area contributed by atoms with E-state index in [1.54, 1.807) is 30.6 Å². The Labute approximate surface area is 153 Å². The van der Waals surface area contributed by atoms with Gasteiger partial charge in [-0.15, -0.1) is 0 Å². The first-order valence-corrected chi connectivity index (χ1v) is 9.02. The Morgan fingerprint density at radius 3 is 2.77 bits per heavy atom. The van der Waals surface area contributed by atoms with E-state index in [0.717, 1.165) is 24.9 Å². The standard InChI is InChI=1S/C20H25N3O3/c1-2-25-19-12-16(20(24)23-11-3-4-17(23)13-21)5-6-18(19)26-14-15-7-9-22-10-8-15/h5-10,12,17H,2-4,11,13-14,21H2,1H3. The Bertz CT molecular complexity index is 736. The molecule has 0 aliphatic carbocycles. The summed E-state index contributed by atoms with van der Waals surface area (Å²) in [4.78, 5) is 18.7. The van der Waals surface area contributed by atoms with E-state index in [0.29, 0.717) is 36.8 Å². The van der Waals surface area contributed by atoms with E-state index in [4.69, 9.17) is 15.2 Å². The van der Waals surface area contributed by atoms with Crippen LogP contribution < -0.4 is 15.2 Å². The molecule has 1 aliphatic rings. The van der Waals surface area contributed by atoms with Crippen LogP contribution in [0.15, 0.2) is 42.7 Å². The zero-order valence-corrected chi connectivity index (χ0v) is 15.1. The Kier molecular flexibility index (Phi) is 6.07. The van der Waals surface area contributed by atoms with E-state index in [-0.39, 0.29) is 11.9 Å². The Morgan fingerprint density at radius 1 is 1.23 bits per heavy atom. The summed E-state index contributed by atoms with van der Waals surface area (Å²) in [5.74, 6) is 1.20.